The van der Waals surface area contributed by atoms with Crippen LogP contribution in [0.15, 0.2) is 17.5 Å². The van der Waals surface area contributed by atoms with E-state index in [1.165, 1.54) is 17.7 Å². The maximum absolute atomic E-state index is 11.5. The van der Waals surface area contributed by atoms with Gasteiger partial charge in [0.25, 0.3) is 0 Å². The van der Waals surface area contributed by atoms with E-state index in [1.54, 1.807) is 18.4 Å². The number of rotatable bonds is 6. The van der Waals surface area contributed by atoms with Gasteiger partial charge in [-0.05, 0) is 44.4 Å². The number of nitrogens with one attached hydrogen (secondary N) is 2. The van der Waals surface area contributed by atoms with Crippen LogP contribution in [0.25, 0.3) is 0 Å². The minimum atomic E-state index is 0. The molecular formula is C13H22ClN3OS. The van der Waals surface area contributed by atoms with Crippen LogP contribution in [0.4, 0.5) is 0 Å². The Bertz CT molecular complexity index is 366. The van der Waals surface area contributed by atoms with Crippen molar-refractivity contribution in [3.63, 3.8) is 0 Å². The third-order valence-electron chi connectivity index (χ3n) is 3.28. The molecule has 2 rings (SSSR count). The average molecular weight is 304 g/mol. The summed E-state index contributed by atoms with van der Waals surface area (Å²) in [7, 11) is 1.79. The fourth-order valence-corrected chi connectivity index (χ4v) is 3.24. The third kappa shape index (κ3) is 4.76. The number of nitrogens with zero attached hydrogens (tertiary/aromatic N) is 1. The Morgan fingerprint density at radius 1 is 1.47 bits per heavy atom. The minimum absolute atomic E-state index is 0. The lowest BCUT2D eigenvalue weighted by molar-refractivity contribution is -0.120. The highest BCUT2D eigenvalue weighted by atomic mass is 35.5. The van der Waals surface area contributed by atoms with E-state index in [9.17, 15) is 4.79 Å². The summed E-state index contributed by atoms with van der Waals surface area (Å²) in [5.74, 6) is 0.0678. The second kappa shape index (κ2) is 8.53. The van der Waals surface area contributed by atoms with E-state index in [0.29, 0.717) is 19.1 Å². The van der Waals surface area contributed by atoms with Gasteiger partial charge < -0.3 is 10.6 Å². The van der Waals surface area contributed by atoms with E-state index in [0.717, 1.165) is 13.1 Å². The van der Waals surface area contributed by atoms with Crippen LogP contribution in [0, 0.1) is 0 Å². The Balaban J connectivity index is 0.00000180. The second-order valence-corrected chi connectivity index (χ2v) is 5.59. The van der Waals surface area contributed by atoms with E-state index < -0.39 is 0 Å². The summed E-state index contributed by atoms with van der Waals surface area (Å²) in [6.07, 6.45) is 2.54. The summed E-state index contributed by atoms with van der Waals surface area (Å²) in [4.78, 5) is 15.4. The summed E-state index contributed by atoms with van der Waals surface area (Å²) < 4.78 is 0. The summed E-state index contributed by atoms with van der Waals surface area (Å²) in [5, 5.41) is 7.99. The summed E-state index contributed by atoms with van der Waals surface area (Å²) >= 11 is 1.77. The van der Waals surface area contributed by atoms with Gasteiger partial charge in [-0.25, -0.2) is 0 Å². The quantitative estimate of drug-likeness (QED) is 0.840. The first-order valence-electron chi connectivity index (χ1n) is 6.50. The lowest BCUT2D eigenvalue weighted by atomic mass is 10.2. The molecule has 19 heavy (non-hydrogen) atoms. The predicted molar refractivity (Wildman–Crippen MR) is 82.1 cm³/mol. The molecule has 1 aliphatic rings. The van der Waals surface area contributed by atoms with Gasteiger partial charge in [0.15, 0.2) is 0 Å². The molecular weight excluding hydrogens is 282 g/mol. The molecule has 4 nitrogen and oxygen atoms in total. The molecule has 6 heteroatoms. The molecule has 1 aromatic heterocycles. The van der Waals surface area contributed by atoms with Gasteiger partial charge in [-0.15, -0.1) is 23.7 Å². The molecule has 0 bridgehead atoms. The number of thiophene rings is 1. The van der Waals surface area contributed by atoms with Gasteiger partial charge in [0.1, 0.15) is 0 Å². The molecule has 108 valence electrons. The van der Waals surface area contributed by atoms with Crippen molar-refractivity contribution in [2.45, 2.75) is 18.9 Å². The van der Waals surface area contributed by atoms with Crippen LogP contribution in [0.2, 0.25) is 0 Å². The molecule has 0 spiro atoms. The van der Waals surface area contributed by atoms with Crippen molar-refractivity contribution in [3.05, 3.63) is 22.4 Å². The first-order chi connectivity index (χ1) is 8.81. The highest BCUT2D eigenvalue weighted by molar-refractivity contribution is 7.10. The number of hydrogen-bond donors (Lipinski definition) is 2. The van der Waals surface area contributed by atoms with Crippen LogP contribution in [-0.4, -0.2) is 44.0 Å². The van der Waals surface area contributed by atoms with Crippen LogP contribution in [0.3, 0.4) is 0 Å². The monoisotopic (exact) mass is 303 g/mol. The SMILES string of the molecule is CNCC(=O)NCC(c1cccs1)N1CCCC1.Cl. The molecule has 1 fully saturated rings. The lowest BCUT2D eigenvalue weighted by Crippen LogP contribution is -2.39. The molecule has 0 aliphatic carbocycles. The maximum atomic E-state index is 11.5. The van der Waals surface area contributed by atoms with Gasteiger partial charge in [-0.3, -0.25) is 9.69 Å². The van der Waals surface area contributed by atoms with Gasteiger partial charge in [0.2, 0.25) is 5.91 Å². The summed E-state index contributed by atoms with van der Waals surface area (Å²) in [6.45, 7) is 3.38. The molecule has 0 aromatic carbocycles. The van der Waals surface area contributed by atoms with Crippen molar-refractivity contribution in [2.24, 2.45) is 0 Å². The highest BCUT2D eigenvalue weighted by Gasteiger charge is 2.24. The maximum Gasteiger partial charge on any atom is 0.234 e. The fourth-order valence-electron chi connectivity index (χ4n) is 2.38. The Morgan fingerprint density at radius 2 is 2.21 bits per heavy atom. The van der Waals surface area contributed by atoms with Gasteiger partial charge in [-0.1, -0.05) is 6.07 Å². The molecule has 1 aliphatic heterocycles. The van der Waals surface area contributed by atoms with E-state index >= 15 is 0 Å². The van der Waals surface area contributed by atoms with Gasteiger partial charge in [-0.2, -0.15) is 0 Å². The molecule has 1 amide bonds. The molecule has 2 N–H and O–H groups in total. The zero-order valence-corrected chi connectivity index (χ0v) is 12.9. The first-order valence-corrected chi connectivity index (χ1v) is 7.38. The third-order valence-corrected chi connectivity index (χ3v) is 4.26. The van der Waals surface area contributed by atoms with E-state index in [1.807, 2.05) is 0 Å². The van der Waals surface area contributed by atoms with Crippen molar-refractivity contribution in [3.8, 4) is 0 Å². The Labute approximate surface area is 125 Å². The van der Waals surface area contributed by atoms with Crippen LogP contribution >= 0.6 is 23.7 Å². The van der Waals surface area contributed by atoms with Gasteiger partial charge in [0.05, 0.1) is 12.6 Å². The number of carbonyl (C=O) groups excluding carboxylic acids is 1. The fraction of sp³-hybridized carbons (Fsp3) is 0.615. The van der Waals surface area contributed by atoms with Crippen molar-refractivity contribution in [2.75, 3.05) is 33.2 Å². The standard InChI is InChI=1S/C13H21N3OS.ClH/c1-14-10-13(17)15-9-11(12-5-4-8-18-12)16-6-2-3-7-16;/h4-5,8,11,14H,2-3,6-7,9-10H2,1H3,(H,15,17);1H. The van der Waals surface area contributed by atoms with E-state index in [2.05, 4.69) is 33.0 Å². The Kier molecular flexibility index (Phi) is 7.38. The van der Waals surface area contributed by atoms with Crippen molar-refractivity contribution in [1.82, 2.24) is 15.5 Å². The predicted octanol–water partition coefficient (Wildman–Crippen LogP) is 1.64. The Hall–Kier alpha value is -0.620. The highest BCUT2D eigenvalue weighted by Crippen LogP contribution is 2.27. The Morgan fingerprint density at radius 3 is 2.79 bits per heavy atom. The van der Waals surface area contributed by atoms with Gasteiger partial charge in [0, 0.05) is 11.4 Å². The van der Waals surface area contributed by atoms with Gasteiger partial charge >= 0.3 is 0 Å². The zero-order chi connectivity index (χ0) is 12.8. The topological polar surface area (TPSA) is 44.4 Å². The number of carbonyl (C=O) groups is 1. The molecule has 1 atom stereocenters. The smallest absolute Gasteiger partial charge is 0.234 e. The lowest BCUT2D eigenvalue weighted by Gasteiger charge is -2.26. The zero-order valence-electron chi connectivity index (χ0n) is 11.2. The number of likely N-dealkylation sites (N-methyl/N-ethyl adjacent to an activating group) is 1. The molecule has 1 unspecified atom stereocenters. The van der Waals surface area contributed by atoms with Crippen molar-refractivity contribution < 1.29 is 4.79 Å². The molecule has 0 saturated carbocycles. The largest absolute Gasteiger partial charge is 0.353 e. The molecule has 2 heterocycles. The summed E-state index contributed by atoms with van der Waals surface area (Å²) in [5.41, 5.74) is 0. The number of halogens is 1. The molecule has 1 aromatic rings. The molecule has 1 saturated heterocycles. The first kappa shape index (κ1) is 16.4. The number of likely N-dealkylation sites (tertiary alicyclic amines) is 1. The normalized spacial score (nSPS) is 16.9. The number of hydrogen-bond acceptors (Lipinski definition) is 4. The summed E-state index contributed by atoms with van der Waals surface area (Å²) in [6, 6.07) is 4.59. The van der Waals surface area contributed by atoms with Crippen LogP contribution in [-0.2, 0) is 4.79 Å². The minimum Gasteiger partial charge on any atom is -0.353 e. The van der Waals surface area contributed by atoms with Crippen LogP contribution in [0.5, 0.6) is 0 Å². The second-order valence-electron chi connectivity index (χ2n) is 4.61. The average Bonchev–Trinajstić information content (AvgIpc) is 3.02. The van der Waals surface area contributed by atoms with E-state index in [4.69, 9.17) is 0 Å². The molecule has 0 radical (unpaired) electrons. The van der Waals surface area contributed by atoms with Crippen LogP contribution < -0.4 is 10.6 Å². The van der Waals surface area contributed by atoms with E-state index in [-0.39, 0.29) is 18.3 Å². The van der Waals surface area contributed by atoms with Crippen LogP contribution in [0.1, 0.15) is 23.8 Å². The number of amides is 1. The van der Waals surface area contributed by atoms with Crippen molar-refractivity contribution in [1.29, 1.82) is 0 Å². The van der Waals surface area contributed by atoms with Crippen molar-refractivity contribution >= 4 is 29.7 Å².